The van der Waals surface area contributed by atoms with Crippen LogP contribution in [0.15, 0.2) is 6.07 Å². The molecule has 2 aliphatic rings. The van der Waals surface area contributed by atoms with Crippen molar-refractivity contribution in [3.8, 4) is 0 Å². The number of hydrogen-bond acceptors (Lipinski definition) is 3. The number of fused-ring (bicyclic) bond motifs is 1. The summed E-state index contributed by atoms with van der Waals surface area (Å²) in [4.78, 5) is 14.9. The molecule has 1 heterocycles. The van der Waals surface area contributed by atoms with Gasteiger partial charge in [0.05, 0.1) is 10.4 Å². The number of thiophene rings is 1. The van der Waals surface area contributed by atoms with Crippen LogP contribution in [0.3, 0.4) is 0 Å². The molecule has 3 nitrogen and oxygen atoms in total. The highest BCUT2D eigenvalue weighted by atomic mass is 35.5. The second-order valence-electron chi connectivity index (χ2n) is 6.91. The lowest BCUT2D eigenvalue weighted by Gasteiger charge is -2.37. The van der Waals surface area contributed by atoms with Crippen molar-refractivity contribution in [2.24, 2.45) is 11.7 Å². The molecule has 1 aromatic heterocycles. The zero-order valence-electron chi connectivity index (χ0n) is 13.3. The first kappa shape index (κ1) is 17.8. The molecule has 1 atom stereocenters. The Kier molecular flexibility index (Phi) is 5.92. The molecule has 5 heteroatoms. The number of hydrogen-bond donors (Lipinski definition) is 2. The molecule has 1 fully saturated rings. The van der Waals surface area contributed by atoms with Crippen molar-refractivity contribution in [1.29, 1.82) is 0 Å². The fourth-order valence-corrected chi connectivity index (χ4v) is 4.83. The van der Waals surface area contributed by atoms with Gasteiger partial charge in [0.2, 0.25) is 0 Å². The molecule has 22 heavy (non-hydrogen) atoms. The molecule has 0 radical (unpaired) electrons. The third-order valence-electron chi connectivity index (χ3n) is 5.13. The molecule has 0 bridgehead atoms. The minimum absolute atomic E-state index is 0. The number of amides is 1. The van der Waals surface area contributed by atoms with E-state index in [1.54, 1.807) is 11.3 Å². The van der Waals surface area contributed by atoms with Crippen molar-refractivity contribution in [3.05, 3.63) is 21.4 Å². The van der Waals surface area contributed by atoms with Gasteiger partial charge in [-0.3, -0.25) is 4.79 Å². The molecule has 0 aromatic carbocycles. The Hall–Kier alpha value is -0.580. The van der Waals surface area contributed by atoms with Crippen molar-refractivity contribution in [3.63, 3.8) is 0 Å². The quantitative estimate of drug-likeness (QED) is 0.880. The van der Waals surface area contributed by atoms with Crippen molar-refractivity contribution in [1.82, 2.24) is 5.32 Å². The standard InChI is InChI=1S/C17H26N2OS.ClH/c1-12-5-6-14-13(9-12)10-15(21-14)16(20)19-17(11-18)7-3-2-4-8-17;/h10,12H,2-9,11,18H2,1H3,(H,19,20);1H/t12-;/m0./s1. The number of rotatable bonds is 3. The normalized spacial score (nSPS) is 23.3. The summed E-state index contributed by atoms with van der Waals surface area (Å²) in [5.41, 5.74) is 7.21. The molecule has 1 aromatic rings. The number of carbonyl (C=O) groups is 1. The van der Waals surface area contributed by atoms with E-state index < -0.39 is 0 Å². The van der Waals surface area contributed by atoms with Crippen LogP contribution in [0.1, 0.15) is 65.6 Å². The SMILES string of the molecule is C[C@H]1CCc2sc(C(=O)NC3(CN)CCCCC3)cc2C1.Cl. The summed E-state index contributed by atoms with van der Waals surface area (Å²) in [6, 6.07) is 2.12. The minimum Gasteiger partial charge on any atom is -0.345 e. The molecule has 1 amide bonds. The smallest absolute Gasteiger partial charge is 0.261 e. The van der Waals surface area contributed by atoms with Crippen LogP contribution in [0.25, 0.3) is 0 Å². The van der Waals surface area contributed by atoms with E-state index in [1.165, 1.54) is 36.1 Å². The second-order valence-corrected chi connectivity index (χ2v) is 8.04. The van der Waals surface area contributed by atoms with Crippen LogP contribution >= 0.6 is 23.7 Å². The second kappa shape index (κ2) is 7.33. The summed E-state index contributed by atoms with van der Waals surface area (Å²) in [7, 11) is 0. The van der Waals surface area contributed by atoms with Crippen LogP contribution in [-0.4, -0.2) is 18.0 Å². The Balaban J connectivity index is 0.00000176. The van der Waals surface area contributed by atoms with E-state index in [1.807, 2.05) is 0 Å². The number of aryl methyl sites for hydroxylation is 1. The van der Waals surface area contributed by atoms with Crippen molar-refractivity contribution in [2.45, 2.75) is 63.8 Å². The van der Waals surface area contributed by atoms with Gasteiger partial charge in [0, 0.05) is 11.4 Å². The third kappa shape index (κ3) is 3.66. The Morgan fingerprint density at radius 1 is 1.41 bits per heavy atom. The Morgan fingerprint density at radius 3 is 2.82 bits per heavy atom. The first-order valence-corrected chi connectivity index (χ1v) is 9.08. The van der Waals surface area contributed by atoms with Gasteiger partial charge >= 0.3 is 0 Å². The lowest BCUT2D eigenvalue weighted by Crippen LogP contribution is -2.54. The molecular formula is C17H27ClN2OS. The first-order valence-electron chi connectivity index (χ1n) is 8.26. The Bertz CT molecular complexity index is 523. The maximum absolute atomic E-state index is 12.6. The van der Waals surface area contributed by atoms with Gasteiger partial charge in [-0.05, 0) is 49.7 Å². The first-order chi connectivity index (χ1) is 10.1. The fourth-order valence-electron chi connectivity index (χ4n) is 3.73. The lowest BCUT2D eigenvalue weighted by atomic mass is 9.81. The summed E-state index contributed by atoms with van der Waals surface area (Å²) >= 11 is 1.69. The Morgan fingerprint density at radius 2 is 2.14 bits per heavy atom. The molecule has 124 valence electrons. The summed E-state index contributed by atoms with van der Waals surface area (Å²) in [6.45, 7) is 2.85. The number of carbonyl (C=O) groups excluding carboxylic acids is 1. The molecule has 0 unspecified atom stereocenters. The largest absolute Gasteiger partial charge is 0.345 e. The van der Waals surface area contributed by atoms with E-state index in [0.29, 0.717) is 6.54 Å². The van der Waals surface area contributed by atoms with E-state index in [4.69, 9.17) is 5.73 Å². The van der Waals surface area contributed by atoms with E-state index >= 15 is 0 Å². The molecule has 2 aliphatic carbocycles. The van der Waals surface area contributed by atoms with E-state index in [2.05, 4.69) is 18.3 Å². The van der Waals surface area contributed by atoms with Crippen LogP contribution in [0.4, 0.5) is 0 Å². The van der Waals surface area contributed by atoms with Gasteiger partial charge in [-0.2, -0.15) is 0 Å². The van der Waals surface area contributed by atoms with Gasteiger partial charge in [-0.1, -0.05) is 26.2 Å². The number of nitrogens with one attached hydrogen (secondary N) is 1. The van der Waals surface area contributed by atoms with Gasteiger partial charge in [0.25, 0.3) is 5.91 Å². The molecular weight excluding hydrogens is 316 g/mol. The highest BCUT2D eigenvalue weighted by Gasteiger charge is 2.33. The van der Waals surface area contributed by atoms with Crippen molar-refractivity contribution in [2.75, 3.05) is 6.54 Å². The maximum Gasteiger partial charge on any atom is 0.261 e. The molecule has 0 spiro atoms. The average Bonchev–Trinajstić information content (AvgIpc) is 2.91. The summed E-state index contributed by atoms with van der Waals surface area (Å²) in [5.74, 6) is 0.839. The topological polar surface area (TPSA) is 55.1 Å². The summed E-state index contributed by atoms with van der Waals surface area (Å²) in [6.07, 6.45) is 9.18. The van der Waals surface area contributed by atoms with Gasteiger partial charge in [0.15, 0.2) is 0 Å². The van der Waals surface area contributed by atoms with Gasteiger partial charge in [-0.15, -0.1) is 23.7 Å². The molecule has 0 saturated heterocycles. The van der Waals surface area contributed by atoms with E-state index in [9.17, 15) is 4.79 Å². The number of halogens is 1. The molecule has 1 saturated carbocycles. The van der Waals surface area contributed by atoms with Crippen LogP contribution < -0.4 is 11.1 Å². The molecule has 0 aliphatic heterocycles. The highest BCUT2D eigenvalue weighted by Crippen LogP contribution is 2.33. The predicted molar refractivity (Wildman–Crippen MR) is 95.1 cm³/mol. The van der Waals surface area contributed by atoms with Gasteiger partial charge in [0.1, 0.15) is 0 Å². The van der Waals surface area contributed by atoms with Gasteiger partial charge < -0.3 is 11.1 Å². The Labute approximate surface area is 143 Å². The average molecular weight is 343 g/mol. The van der Waals surface area contributed by atoms with Crippen LogP contribution in [-0.2, 0) is 12.8 Å². The monoisotopic (exact) mass is 342 g/mol. The van der Waals surface area contributed by atoms with Gasteiger partial charge in [-0.25, -0.2) is 0 Å². The van der Waals surface area contributed by atoms with Crippen LogP contribution in [0.2, 0.25) is 0 Å². The van der Waals surface area contributed by atoms with Crippen molar-refractivity contribution >= 4 is 29.7 Å². The lowest BCUT2D eigenvalue weighted by molar-refractivity contribution is 0.0879. The van der Waals surface area contributed by atoms with Crippen LogP contribution in [0.5, 0.6) is 0 Å². The van der Waals surface area contributed by atoms with Crippen LogP contribution in [0, 0.1) is 5.92 Å². The fraction of sp³-hybridized carbons (Fsp3) is 0.706. The summed E-state index contributed by atoms with van der Waals surface area (Å²) in [5, 5.41) is 3.27. The van der Waals surface area contributed by atoms with Crippen molar-refractivity contribution < 1.29 is 4.79 Å². The van der Waals surface area contributed by atoms with E-state index in [0.717, 1.165) is 36.5 Å². The highest BCUT2D eigenvalue weighted by molar-refractivity contribution is 7.14. The number of nitrogens with two attached hydrogens (primary N) is 1. The molecule has 3 rings (SSSR count). The third-order valence-corrected chi connectivity index (χ3v) is 6.37. The maximum atomic E-state index is 12.6. The van der Waals surface area contributed by atoms with E-state index in [-0.39, 0.29) is 23.9 Å². The zero-order chi connectivity index (χ0) is 14.9. The predicted octanol–water partition coefficient (Wildman–Crippen LogP) is 3.69. The molecule has 3 N–H and O–H groups in total. The zero-order valence-corrected chi connectivity index (χ0v) is 15.0. The minimum atomic E-state index is -0.160. The summed E-state index contributed by atoms with van der Waals surface area (Å²) < 4.78 is 0.